The first kappa shape index (κ1) is 13.0. The third-order valence-corrected chi connectivity index (χ3v) is 1.80. The summed E-state index contributed by atoms with van der Waals surface area (Å²) in [5.41, 5.74) is 0.359. The van der Waals surface area contributed by atoms with Gasteiger partial charge in [0.15, 0.2) is 11.9 Å². The van der Waals surface area contributed by atoms with Crippen molar-refractivity contribution in [1.29, 1.82) is 0 Å². The first-order valence-electron chi connectivity index (χ1n) is 4.39. The van der Waals surface area contributed by atoms with Crippen LogP contribution in [-0.4, -0.2) is 48.5 Å². The number of hydrogen-bond donors (Lipinski definition) is 1. The van der Waals surface area contributed by atoms with Gasteiger partial charge in [0.2, 0.25) is 0 Å². The summed E-state index contributed by atoms with van der Waals surface area (Å²) in [4.78, 5) is 22.6. The minimum absolute atomic E-state index is 0.00460. The second kappa shape index (κ2) is 4.48. The Bertz CT molecular complexity index is 263. The van der Waals surface area contributed by atoms with Crippen molar-refractivity contribution in [3.63, 3.8) is 0 Å². The molecule has 1 amide bonds. The molecule has 0 radical (unpaired) electrons. The van der Waals surface area contributed by atoms with Gasteiger partial charge in [0, 0.05) is 6.42 Å². The lowest BCUT2D eigenvalue weighted by molar-refractivity contribution is -0.794. The minimum atomic E-state index is -1.24. The molecule has 0 aliphatic carbocycles. The lowest BCUT2D eigenvalue weighted by Crippen LogP contribution is -2.48. The van der Waals surface area contributed by atoms with Crippen LogP contribution in [0.4, 0.5) is 0 Å². The molecule has 0 heterocycles. The number of aliphatic hydroxyl groups is 1. The van der Waals surface area contributed by atoms with Crippen molar-refractivity contribution in [1.82, 2.24) is 0 Å². The van der Waals surface area contributed by atoms with Crippen LogP contribution in [0.5, 0.6) is 0 Å². The molecule has 0 bridgehead atoms. The van der Waals surface area contributed by atoms with E-state index in [4.69, 9.17) is 0 Å². The number of carbonyl (C=O) groups is 2. The van der Waals surface area contributed by atoms with Crippen LogP contribution in [0.25, 0.3) is 0 Å². The van der Waals surface area contributed by atoms with Gasteiger partial charge in [0.25, 0.3) is 0 Å². The molecule has 14 heavy (non-hydrogen) atoms. The van der Waals surface area contributed by atoms with Gasteiger partial charge in [0.05, 0.1) is 21.1 Å². The SMILES string of the molecule is C=C(C)C(=O)CC(O)C(=O)[N+](C)(C)C. The molecule has 0 spiro atoms. The lowest BCUT2D eigenvalue weighted by atomic mass is 10.1. The Morgan fingerprint density at radius 3 is 2.07 bits per heavy atom. The number of nitrogens with zero attached hydrogens (tertiary/aromatic N) is 1. The zero-order chi connectivity index (χ0) is 11.5. The molecule has 0 rings (SSSR count). The first-order valence-corrected chi connectivity index (χ1v) is 4.39. The highest BCUT2D eigenvalue weighted by atomic mass is 16.3. The Kier molecular flexibility index (Phi) is 4.16. The number of likely N-dealkylation sites (N-methyl/N-ethyl adjacent to an activating group) is 1. The smallest absolute Gasteiger partial charge is 0.342 e. The molecule has 0 aromatic carbocycles. The fourth-order valence-corrected chi connectivity index (χ4v) is 0.884. The average molecular weight is 200 g/mol. The monoisotopic (exact) mass is 200 g/mol. The van der Waals surface area contributed by atoms with E-state index < -0.39 is 6.10 Å². The summed E-state index contributed by atoms with van der Waals surface area (Å²) in [6.45, 7) is 5.01. The summed E-state index contributed by atoms with van der Waals surface area (Å²) in [5, 5.41) is 9.45. The van der Waals surface area contributed by atoms with Gasteiger partial charge in [-0.25, -0.2) is 4.79 Å². The van der Waals surface area contributed by atoms with Crippen molar-refractivity contribution in [2.24, 2.45) is 0 Å². The molecule has 0 aromatic rings. The van der Waals surface area contributed by atoms with Crippen molar-refractivity contribution < 1.29 is 19.2 Å². The number of quaternary nitrogens is 1. The van der Waals surface area contributed by atoms with Crippen LogP contribution in [0, 0.1) is 0 Å². The van der Waals surface area contributed by atoms with E-state index >= 15 is 0 Å². The van der Waals surface area contributed by atoms with E-state index in [1.54, 1.807) is 28.1 Å². The number of carbonyl (C=O) groups excluding carboxylic acids is 2. The Labute approximate surface area is 84.4 Å². The van der Waals surface area contributed by atoms with Crippen LogP contribution in [0.3, 0.4) is 0 Å². The van der Waals surface area contributed by atoms with Crippen LogP contribution in [-0.2, 0) is 9.59 Å². The maximum atomic E-state index is 11.5. The normalized spacial score (nSPS) is 13.5. The number of Topliss-reactive ketones (excluding diaryl/α,β-unsaturated/α-hetero) is 1. The number of hydrogen-bond acceptors (Lipinski definition) is 3. The van der Waals surface area contributed by atoms with Gasteiger partial charge < -0.3 is 5.11 Å². The van der Waals surface area contributed by atoms with Gasteiger partial charge in [-0.15, -0.1) is 0 Å². The third kappa shape index (κ3) is 3.81. The Morgan fingerprint density at radius 1 is 1.36 bits per heavy atom. The summed E-state index contributed by atoms with van der Waals surface area (Å²) >= 11 is 0. The fourth-order valence-electron chi connectivity index (χ4n) is 0.884. The molecule has 0 saturated carbocycles. The summed E-state index contributed by atoms with van der Waals surface area (Å²) in [5.74, 6) is -0.654. The summed E-state index contributed by atoms with van der Waals surface area (Å²) in [6, 6.07) is 0. The number of amides is 1. The van der Waals surface area contributed by atoms with E-state index in [2.05, 4.69) is 6.58 Å². The van der Waals surface area contributed by atoms with Gasteiger partial charge >= 0.3 is 5.91 Å². The molecular weight excluding hydrogens is 182 g/mol. The number of ketones is 1. The van der Waals surface area contributed by atoms with E-state index in [1.165, 1.54) is 0 Å². The van der Waals surface area contributed by atoms with Crippen molar-refractivity contribution in [3.8, 4) is 0 Å². The Balaban J connectivity index is 4.37. The summed E-state index contributed by atoms with van der Waals surface area (Å²) in [7, 11) is 4.95. The Morgan fingerprint density at radius 2 is 1.79 bits per heavy atom. The minimum Gasteiger partial charge on any atom is -0.379 e. The van der Waals surface area contributed by atoms with Crippen LogP contribution >= 0.6 is 0 Å². The number of allylic oxidation sites excluding steroid dienone is 1. The van der Waals surface area contributed by atoms with Crippen molar-refractivity contribution in [2.45, 2.75) is 19.4 Å². The maximum Gasteiger partial charge on any atom is 0.342 e. The van der Waals surface area contributed by atoms with E-state index in [1.807, 2.05) is 0 Å². The van der Waals surface area contributed by atoms with Crippen molar-refractivity contribution >= 4 is 11.7 Å². The van der Waals surface area contributed by atoms with E-state index in [0.29, 0.717) is 5.57 Å². The van der Waals surface area contributed by atoms with E-state index in [-0.39, 0.29) is 22.6 Å². The van der Waals surface area contributed by atoms with Crippen molar-refractivity contribution in [2.75, 3.05) is 21.1 Å². The summed E-state index contributed by atoms with van der Waals surface area (Å²) in [6.07, 6.45) is -1.41. The lowest BCUT2D eigenvalue weighted by Gasteiger charge is -2.23. The van der Waals surface area contributed by atoms with Crippen LogP contribution in [0.15, 0.2) is 12.2 Å². The molecule has 4 nitrogen and oxygen atoms in total. The van der Waals surface area contributed by atoms with Crippen LogP contribution in [0.2, 0.25) is 0 Å². The standard InChI is InChI=1S/C10H18NO3/c1-7(2)8(12)6-9(13)10(14)11(3,4)5/h9,13H,1,6H2,2-5H3/q+1. The first-order chi connectivity index (χ1) is 6.16. The zero-order valence-corrected chi connectivity index (χ0v) is 9.20. The second-order valence-electron chi connectivity index (χ2n) is 4.27. The highest BCUT2D eigenvalue weighted by Crippen LogP contribution is 2.05. The quantitative estimate of drug-likeness (QED) is 0.518. The van der Waals surface area contributed by atoms with E-state index in [9.17, 15) is 14.7 Å². The molecule has 0 aliphatic heterocycles. The third-order valence-electron chi connectivity index (χ3n) is 1.80. The topological polar surface area (TPSA) is 54.4 Å². The van der Waals surface area contributed by atoms with E-state index in [0.717, 1.165) is 0 Å². The highest BCUT2D eigenvalue weighted by Gasteiger charge is 2.30. The van der Waals surface area contributed by atoms with Gasteiger partial charge in [-0.1, -0.05) is 6.58 Å². The van der Waals surface area contributed by atoms with Crippen molar-refractivity contribution in [3.05, 3.63) is 12.2 Å². The fraction of sp³-hybridized carbons (Fsp3) is 0.600. The predicted octanol–water partition coefficient (Wildman–Crippen LogP) is 0.115. The number of aliphatic hydroxyl groups excluding tert-OH is 1. The van der Waals surface area contributed by atoms with Gasteiger partial charge in [-0.2, -0.15) is 0 Å². The molecule has 0 saturated heterocycles. The maximum absolute atomic E-state index is 11.5. The Hall–Kier alpha value is -1.00. The predicted molar refractivity (Wildman–Crippen MR) is 53.5 cm³/mol. The molecular formula is C10H18NO3+. The average Bonchev–Trinajstić information content (AvgIpc) is 2.00. The molecule has 80 valence electrons. The molecule has 0 aromatic heterocycles. The molecule has 4 heteroatoms. The highest BCUT2D eigenvalue weighted by molar-refractivity contribution is 5.96. The largest absolute Gasteiger partial charge is 0.379 e. The van der Waals surface area contributed by atoms with Crippen LogP contribution < -0.4 is 0 Å². The zero-order valence-electron chi connectivity index (χ0n) is 9.20. The summed E-state index contributed by atoms with van der Waals surface area (Å²) < 4.78 is 0.00460. The molecule has 0 fully saturated rings. The van der Waals surface area contributed by atoms with Gasteiger partial charge in [-0.05, 0) is 12.5 Å². The van der Waals surface area contributed by atoms with Gasteiger partial charge in [0.1, 0.15) is 0 Å². The molecule has 0 aliphatic rings. The number of rotatable bonds is 4. The van der Waals surface area contributed by atoms with Crippen LogP contribution in [0.1, 0.15) is 13.3 Å². The molecule has 1 unspecified atom stereocenters. The molecule has 1 N–H and O–H groups in total. The second-order valence-corrected chi connectivity index (χ2v) is 4.27. The molecule has 1 atom stereocenters. The van der Waals surface area contributed by atoms with Gasteiger partial charge in [-0.3, -0.25) is 9.28 Å².